The number of carbonyl (C=O) groups is 1. The molecule has 8 nitrogen and oxygen atoms in total. The molecule has 0 amide bonds. The molecule has 2 heterocycles. The number of ether oxygens (including phenoxy) is 1. The average Bonchev–Trinajstić information content (AvgIpc) is 3.74. The minimum atomic E-state index is -2.82. The van der Waals surface area contributed by atoms with Crippen LogP contribution in [0.25, 0.3) is 16.4 Å². The van der Waals surface area contributed by atoms with Crippen molar-refractivity contribution in [3.8, 4) is 22.1 Å². The third-order valence-corrected chi connectivity index (χ3v) is 9.05. The summed E-state index contributed by atoms with van der Waals surface area (Å²) in [5.74, 6) is -6.26. The fourth-order valence-corrected chi connectivity index (χ4v) is 6.04. The Morgan fingerprint density at radius 3 is 2.57 bits per heavy atom. The predicted octanol–water partition coefficient (Wildman–Crippen LogP) is 5.48. The van der Waals surface area contributed by atoms with Gasteiger partial charge in [-0.1, -0.05) is 10.3 Å². The molecule has 0 spiro atoms. The van der Waals surface area contributed by atoms with Crippen molar-refractivity contribution >= 4 is 28.3 Å². The number of carboxylic acid groups (broad SMARTS) is 1. The molecule has 0 bridgehead atoms. The van der Waals surface area contributed by atoms with Crippen LogP contribution in [0.3, 0.4) is 0 Å². The Balaban J connectivity index is 1.46. The van der Waals surface area contributed by atoms with Crippen LogP contribution in [-0.4, -0.2) is 38.4 Å². The third-order valence-electron chi connectivity index (χ3n) is 7.39. The highest BCUT2D eigenvalue weighted by Gasteiger charge is 2.57. The maximum absolute atomic E-state index is 14.7. The summed E-state index contributed by atoms with van der Waals surface area (Å²) in [6.07, 6.45) is 2.43. The summed E-state index contributed by atoms with van der Waals surface area (Å²) in [5, 5.41) is 21.3. The molecular formula is C28H25F4N4O4S2+. The molecule has 0 saturated heterocycles. The summed E-state index contributed by atoms with van der Waals surface area (Å²) in [5.41, 5.74) is 2.62. The van der Waals surface area contributed by atoms with Crippen molar-refractivity contribution in [2.75, 3.05) is 6.61 Å². The molecule has 0 radical (unpaired) electrons. The van der Waals surface area contributed by atoms with E-state index in [1.807, 2.05) is 0 Å². The number of thiol groups is 1. The number of rotatable bonds is 11. The highest BCUT2D eigenvalue weighted by atomic mass is 32.2. The lowest BCUT2D eigenvalue weighted by atomic mass is 9.96. The number of aromatic nitrogens is 3. The number of benzene rings is 2. The first-order chi connectivity index (χ1) is 20.0. The maximum atomic E-state index is 14.7. The average molecular weight is 622 g/mol. The highest BCUT2D eigenvalue weighted by Crippen LogP contribution is 2.48. The Bertz CT molecular complexity index is 1720. The van der Waals surface area contributed by atoms with E-state index in [1.54, 1.807) is 10.7 Å². The van der Waals surface area contributed by atoms with Crippen molar-refractivity contribution in [2.24, 2.45) is 17.0 Å². The zero-order valence-corrected chi connectivity index (χ0v) is 23.6. The van der Waals surface area contributed by atoms with E-state index in [0.717, 1.165) is 35.9 Å². The number of thiazole rings is 1. The van der Waals surface area contributed by atoms with Gasteiger partial charge in [0.1, 0.15) is 0 Å². The number of hydrogen-bond acceptors (Lipinski definition) is 6. The van der Waals surface area contributed by atoms with Crippen LogP contribution in [0.4, 0.5) is 17.6 Å². The van der Waals surface area contributed by atoms with Crippen LogP contribution in [0.15, 0.2) is 46.7 Å². The Morgan fingerprint density at radius 1 is 1.19 bits per heavy atom. The van der Waals surface area contributed by atoms with Gasteiger partial charge < -0.3 is 9.84 Å². The standard InChI is InChI=1S/C28H24F4N4O4S2/c29-19-5-4-16(10-23(19)40-12-17-11-28(17,31)32)25-18(7-15-3-6-24(42(33)39)20(30)8-15)22(9-14-1-2-14)36(35-25)27-34-21(13-41-27)26(37)38/h3-6,8,10,13-14,17H,1-2,7,9,11-12H2,(H2,33,39)(H,37,38)/p+1. The third kappa shape index (κ3) is 5.83. The summed E-state index contributed by atoms with van der Waals surface area (Å²) >= 11 is 1.09. The first-order valence-corrected chi connectivity index (χ1v) is 15.3. The Kier molecular flexibility index (Phi) is 7.39. The first-order valence-electron chi connectivity index (χ1n) is 13.1. The second kappa shape index (κ2) is 10.9. The highest BCUT2D eigenvalue weighted by molar-refractivity contribution is 7.82. The van der Waals surface area contributed by atoms with E-state index in [0.29, 0.717) is 39.9 Å². The maximum Gasteiger partial charge on any atom is 0.355 e. The number of aromatic carboxylic acids is 1. The molecule has 3 N–H and O–H groups in total. The van der Waals surface area contributed by atoms with Gasteiger partial charge in [-0.2, -0.15) is 5.10 Å². The van der Waals surface area contributed by atoms with Crippen molar-refractivity contribution in [2.45, 2.75) is 42.9 Å². The van der Waals surface area contributed by atoms with E-state index < -0.39 is 40.4 Å². The number of nitrogens with zero attached hydrogens (tertiary/aromatic N) is 3. The van der Waals surface area contributed by atoms with Gasteiger partial charge in [0.2, 0.25) is 10.0 Å². The normalized spacial score (nSPS) is 18.2. The SMILES string of the molecule is N[SH+](=O)c1ccc(Cc2c(-c3ccc(F)c(OCC4CC4(F)F)c3)nn(-c3nc(C(=O)O)cs3)c2CC2CC2)cc1F. The molecule has 2 aliphatic rings. The van der Waals surface area contributed by atoms with E-state index in [-0.39, 0.29) is 35.8 Å². The second-order valence-electron chi connectivity index (χ2n) is 10.6. The lowest BCUT2D eigenvalue weighted by molar-refractivity contribution is 0.0690. The number of carboxylic acids is 1. The largest absolute Gasteiger partial charge is 0.490 e. The lowest BCUT2D eigenvalue weighted by Gasteiger charge is -2.11. The molecule has 6 rings (SSSR count). The van der Waals surface area contributed by atoms with Crippen LogP contribution < -0.4 is 9.88 Å². The molecule has 4 aromatic rings. The van der Waals surface area contributed by atoms with Crippen LogP contribution in [-0.2, 0) is 28.0 Å². The molecule has 2 unspecified atom stereocenters. The topological polar surface area (TPSA) is 120 Å². The lowest BCUT2D eigenvalue weighted by Crippen LogP contribution is -2.07. The molecule has 2 atom stereocenters. The summed E-state index contributed by atoms with van der Waals surface area (Å²) < 4.78 is 74.9. The van der Waals surface area contributed by atoms with Crippen LogP contribution >= 0.6 is 11.3 Å². The fourth-order valence-electron chi connectivity index (χ4n) is 4.77. The van der Waals surface area contributed by atoms with Crippen LogP contribution in [0.5, 0.6) is 5.75 Å². The molecular weight excluding hydrogens is 596 g/mol. The van der Waals surface area contributed by atoms with Crippen molar-refractivity contribution < 1.29 is 36.4 Å². The molecule has 220 valence electrons. The van der Waals surface area contributed by atoms with Crippen LogP contribution in [0, 0.1) is 23.5 Å². The zero-order valence-electron chi connectivity index (χ0n) is 21.9. The molecule has 2 aliphatic carbocycles. The van der Waals surface area contributed by atoms with E-state index in [2.05, 4.69) is 4.98 Å². The number of nitrogens with two attached hydrogens (primary N) is 1. The van der Waals surface area contributed by atoms with Crippen molar-refractivity contribution in [1.29, 1.82) is 0 Å². The number of alkyl halides is 2. The van der Waals surface area contributed by atoms with Gasteiger partial charge in [-0.15, -0.1) is 16.5 Å². The van der Waals surface area contributed by atoms with Gasteiger partial charge in [-0.05, 0) is 61.1 Å². The Labute approximate surface area is 243 Å². The second-order valence-corrected chi connectivity index (χ2v) is 12.5. The first kappa shape index (κ1) is 28.5. The van der Waals surface area contributed by atoms with E-state index in [9.17, 15) is 31.7 Å². The minimum absolute atomic E-state index is 0.103. The summed E-state index contributed by atoms with van der Waals surface area (Å²) in [6, 6.07) is 8.26. The molecule has 0 aliphatic heterocycles. The molecule has 2 aromatic heterocycles. The quantitative estimate of drug-likeness (QED) is 0.130. The smallest absolute Gasteiger partial charge is 0.355 e. The zero-order chi connectivity index (χ0) is 29.8. The van der Waals surface area contributed by atoms with Crippen molar-refractivity contribution in [3.05, 3.63) is 75.9 Å². The van der Waals surface area contributed by atoms with E-state index in [4.69, 9.17) is 15.0 Å². The number of halogens is 4. The van der Waals surface area contributed by atoms with Gasteiger partial charge in [0.25, 0.3) is 5.92 Å². The van der Waals surface area contributed by atoms with Gasteiger partial charge in [0.05, 0.1) is 23.9 Å². The van der Waals surface area contributed by atoms with Crippen molar-refractivity contribution in [1.82, 2.24) is 14.8 Å². The Morgan fingerprint density at radius 2 is 1.95 bits per heavy atom. The summed E-state index contributed by atoms with van der Waals surface area (Å²) in [4.78, 5) is 15.7. The van der Waals surface area contributed by atoms with Gasteiger partial charge in [0.15, 0.2) is 34.1 Å². The van der Waals surface area contributed by atoms with Crippen LogP contribution in [0.1, 0.15) is 46.6 Å². The monoisotopic (exact) mass is 621 g/mol. The minimum Gasteiger partial charge on any atom is -0.490 e. The van der Waals surface area contributed by atoms with Gasteiger partial charge in [0, 0.05) is 29.3 Å². The molecule has 14 heteroatoms. The van der Waals surface area contributed by atoms with Crippen molar-refractivity contribution in [3.63, 3.8) is 0 Å². The molecule has 2 fully saturated rings. The summed E-state index contributed by atoms with van der Waals surface area (Å²) in [6.45, 7) is -0.340. The van der Waals surface area contributed by atoms with Gasteiger partial charge in [-0.25, -0.2) is 32.0 Å². The van der Waals surface area contributed by atoms with Gasteiger partial charge >= 0.3 is 5.97 Å². The Hall–Kier alpha value is -3.62. The number of hydrogen-bond donors (Lipinski definition) is 2. The van der Waals surface area contributed by atoms with E-state index in [1.165, 1.54) is 29.6 Å². The molecule has 2 saturated carbocycles. The summed E-state index contributed by atoms with van der Waals surface area (Å²) in [7, 11) is -2.38. The van der Waals surface area contributed by atoms with Crippen LogP contribution in [0.2, 0.25) is 0 Å². The predicted molar refractivity (Wildman–Crippen MR) is 148 cm³/mol. The van der Waals surface area contributed by atoms with Gasteiger partial charge in [-0.3, -0.25) is 0 Å². The molecule has 2 aromatic carbocycles. The van der Waals surface area contributed by atoms with E-state index >= 15 is 0 Å². The molecule has 42 heavy (non-hydrogen) atoms. The fraction of sp³-hybridized carbons (Fsp3) is 0.321.